The van der Waals surface area contributed by atoms with Crippen LogP contribution in [0.2, 0.25) is 0 Å². The van der Waals surface area contributed by atoms with Gasteiger partial charge in [-0.05, 0) is 32.0 Å². The monoisotopic (exact) mass is 258 g/mol. The highest BCUT2D eigenvalue weighted by Gasteiger charge is 2.04. The third kappa shape index (κ3) is 3.89. The van der Waals surface area contributed by atoms with Crippen molar-refractivity contribution in [3.8, 4) is 0 Å². The number of hydrogen-bond acceptors (Lipinski definition) is 3. The number of pyridine rings is 1. The van der Waals surface area contributed by atoms with E-state index in [1.54, 1.807) is 0 Å². The van der Waals surface area contributed by atoms with Crippen molar-refractivity contribution in [3.63, 3.8) is 0 Å². The van der Waals surface area contributed by atoms with Gasteiger partial charge < -0.3 is 5.32 Å². The molecule has 0 saturated carbocycles. The van der Waals surface area contributed by atoms with Crippen LogP contribution in [0.5, 0.6) is 0 Å². The van der Waals surface area contributed by atoms with E-state index in [0.29, 0.717) is 6.04 Å². The fourth-order valence-corrected chi connectivity index (χ4v) is 2.01. The van der Waals surface area contributed by atoms with Crippen LogP contribution in [-0.4, -0.2) is 20.8 Å². The van der Waals surface area contributed by atoms with E-state index < -0.39 is 0 Å². The van der Waals surface area contributed by atoms with Crippen molar-refractivity contribution in [1.29, 1.82) is 0 Å². The zero-order chi connectivity index (χ0) is 13.8. The van der Waals surface area contributed by atoms with Crippen molar-refractivity contribution in [2.45, 2.75) is 46.8 Å². The highest BCUT2D eigenvalue weighted by atomic mass is 15.3. The van der Waals surface area contributed by atoms with Gasteiger partial charge in [-0.2, -0.15) is 5.10 Å². The molecule has 0 fully saturated rings. The lowest BCUT2D eigenvalue weighted by atomic mass is 10.2. The van der Waals surface area contributed by atoms with Crippen molar-refractivity contribution >= 4 is 0 Å². The minimum atomic E-state index is 0.474. The summed E-state index contributed by atoms with van der Waals surface area (Å²) in [5.74, 6) is 0. The molecule has 0 saturated heterocycles. The lowest BCUT2D eigenvalue weighted by Crippen LogP contribution is -2.22. The van der Waals surface area contributed by atoms with E-state index in [1.165, 1.54) is 5.69 Å². The zero-order valence-corrected chi connectivity index (χ0v) is 12.1. The first-order valence-corrected chi connectivity index (χ1v) is 6.74. The molecule has 2 rings (SSSR count). The first kappa shape index (κ1) is 13.7. The molecule has 0 aliphatic rings. The van der Waals surface area contributed by atoms with Crippen molar-refractivity contribution in [3.05, 3.63) is 47.0 Å². The van der Waals surface area contributed by atoms with Crippen LogP contribution in [0.4, 0.5) is 0 Å². The van der Waals surface area contributed by atoms with E-state index >= 15 is 0 Å². The predicted octanol–water partition coefficient (Wildman–Crippen LogP) is 2.44. The fourth-order valence-electron chi connectivity index (χ4n) is 2.01. The van der Waals surface area contributed by atoms with Crippen molar-refractivity contribution in [2.75, 3.05) is 0 Å². The van der Waals surface area contributed by atoms with Crippen LogP contribution in [0.1, 0.15) is 36.6 Å². The molecule has 0 unspecified atom stereocenters. The van der Waals surface area contributed by atoms with Gasteiger partial charge in [0.15, 0.2) is 0 Å². The molecule has 1 N–H and O–H groups in total. The second-order valence-corrected chi connectivity index (χ2v) is 5.24. The van der Waals surface area contributed by atoms with Gasteiger partial charge in [0.25, 0.3) is 0 Å². The summed E-state index contributed by atoms with van der Waals surface area (Å²) in [5, 5.41) is 7.85. The third-order valence-corrected chi connectivity index (χ3v) is 2.97. The van der Waals surface area contributed by atoms with Gasteiger partial charge >= 0.3 is 0 Å². The first-order chi connectivity index (χ1) is 9.04. The predicted molar refractivity (Wildman–Crippen MR) is 77.0 cm³/mol. The molecule has 2 aromatic heterocycles. The summed E-state index contributed by atoms with van der Waals surface area (Å²) in [4.78, 5) is 4.67. The Morgan fingerprint density at radius 2 is 1.95 bits per heavy atom. The molecule has 2 heterocycles. The molecule has 0 aromatic carbocycles. The molecule has 4 heteroatoms. The van der Waals surface area contributed by atoms with E-state index in [-0.39, 0.29) is 0 Å². The Bertz CT molecular complexity index is 543. The summed E-state index contributed by atoms with van der Waals surface area (Å²) < 4.78 is 2.00. The Hall–Kier alpha value is -1.68. The summed E-state index contributed by atoms with van der Waals surface area (Å²) in [6.45, 7) is 9.90. The molecule has 2 aromatic rings. The molecule has 0 spiro atoms. The van der Waals surface area contributed by atoms with Gasteiger partial charge in [0.05, 0.1) is 23.6 Å². The lowest BCUT2D eigenvalue weighted by molar-refractivity contribution is 0.577. The first-order valence-electron chi connectivity index (χ1n) is 6.74. The maximum Gasteiger partial charge on any atom is 0.0834 e. The Morgan fingerprint density at radius 1 is 1.21 bits per heavy atom. The van der Waals surface area contributed by atoms with Gasteiger partial charge in [-0.1, -0.05) is 19.9 Å². The van der Waals surface area contributed by atoms with Gasteiger partial charge in [0, 0.05) is 18.3 Å². The molecule has 0 radical (unpaired) electrons. The van der Waals surface area contributed by atoms with Crippen LogP contribution in [0.25, 0.3) is 0 Å². The number of nitrogens with one attached hydrogen (secondary N) is 1. The lowest BCUT2D eigenvalue weighted by Gasteiger charge is -2.09. The van der Waals surface area contributed by atoms with Gasteiger partial charge in [-0.15, -0.1) is 0 Å². The molecular weight excluding hydrogens is 236 g/mol. The smallest absolute Gasteiger partial charge is 0.0834 e. The molecule has 0 aliphatic carbocycles. The molecule has 0 atom stereocenters. The quantitative estimate of drug-likeness (QED) is 0.895. The fraction of sp³-hybridized carbons (Fsp3) is 0.467. The Balaban J connectivity index is 2.08. The molecule has 4 nitrogen and oxygen atoms in total. The van der Waals surface area contributed by atoms with Crippen LogP contribution in [-0.2, 0) is 13.1 Å². The molecule has 0 bridgehead atoms. The maximum atomic E-state index is 4.67. The number of aryl methyl sites for hydroxylation is 2. The number of hydrogen-bond donors (Lipinski definition) is 1. The highest BCUT2D eigenvalue weighted by Crippen LogP contribution is 2.06. The summed E-state index contributed by atoms with van der Waals surface area (Å²) in [6, 6.07) is 8.73. The molecule has 0 aliphatic heterocycles. The normalized spacial score (nSPS) is 11.2. The van der Waals surface area contributed by atoms with Crippen LogP contribution < -0.4 is 5.32 Å². The second kappa shape index (κ2) is 5.97. The standard InChI is InChI=1S/C15H22N4/c1-11(2)16-9-14-6-5-7-15(17-14)10-19-13(4)8-12(3)18-19/h5-8,11,16H,9-10H2,1-4H3. The third-order valence-electron chi connectivity index (χ3n) is 2.97. The van der Waals surface area contributed by atoms with Crippen LogP contribution in [0.3, 0.4) is 0 Å². The zero-order valence-electron chi connectivity index (χ0n) is 12.1. The van der Waals surface area contributed by atoms with E-state index in [2.05, 4.69) is 60.4 Å². The van der Waals surface area contributed by atoms with Crippen molar-refractivity contribution < 1.29 is 0 Å². The summed E-state index contributed by atoms with van der Waals surface area (Å²) in [5.41, 5.74) is 4.35. The molecular formula is C15H22N4. The van der Waals surface area contributed by atoms with Crippen molar-refractivity contribution in [1.82, 2.24) is 20.1 Å². The summed E-state index contributed by atoms with van der Waals surface area (Å²) in [6.07, 6.45) is 0. The van der Waals surface area contributed by atoms with E-state index in [0.717, 1.165) is 30.2 Å². The van der Waals surface area contributed by atoms with Gasteiger partial charge in [-0.25, -0.2) is 0 Å². The van der Waals surface area contributed by atoms with E-state index in [9.17, 15) is 0 Å². The van der Waals surface area contributed by atoms with Gasteiger partial charge in [0.2, 0.25) is 0 Å². The Kier molecular flexibility index (Phi) is 4.32. The average molecular weight is 258 g/mol. The SMILES string of the molecule is Cc1cc(C)n(Cc2cccc(CNC(C)C)n2)n1. The topological polar surface area (TPSA) is 42.7 Å². The van der Waals surface area contributed by atoms with E-state index in [1.807, 2.05) is 11.6 Å². The number of nitrogens with zero attached hydrogens (tertiary/aromatic N) is 3. The summed E-state index contributed by atoms with van der Waals surface area (Å²) >= 11 is 0. The van der Waals surface area contributed by atoms with Crippen molar-refractivity contribution in [2.24, 2.45) is 0 Å². The Morgan fingerprint density at radius 3 is 2.58 bits per heavy atom. The largest absolute Gasteiger partial charge is 0.309 e. The minimum Gasteiger partial charge on any atom is -0.309 e. The van der Waals surface area contributed by atoms with E-state index in [4.69, 9.17) is 0 Å². The van der Waals surface area contributed by atoms with Crippen LogP contribution in [0, 0.1) is 13.8 Å². The van der Waals surface area contributed by atoms with Gasteiger partial charge in [0.1, 0.15) is 0 Å². The number of rotatable bonds is 5. The minimum absolute atomic E-state index is 0.474. The van der Waals surface area contributed by atoms with Crippen LogP contribution >= 0.6 is 0 Å². The average Bonchev–Trinajstić information content (AvgIpc) is 2.66. The molecule has 102 valence electrons. The number of aromatic nitrogens is 3. The molecule has 19 heavy (non-hydrogen) atoms. The Labute approximate surface area is 114 Å². The van der Waals surface area contributed by atoms with Gasteiger partial charge in [-0.3, -0.25) is 9.67 Å². The highest BCUT2D eigenvalue weighted by molar-refractivity contribution is 5.14. The second-order valence-electron chi connectivity index (χ2n) is 5.24. The van der Waals surface area contributed by atoms with Crippen LogP contribution in [0.15, 0.2) is 24.3 Å². The maximum absolute atomic E-state index is 4.67. The molecule has 0 amide bonds. The summed E-state index contributed by atoms with van der Waals surface area (Å²) in [7, 11) is 0.